The molecule has 2 aromatic heterocycles. The molecule has 0 atom stereocenters. The normalized spacial score (nSPS) is 13.1. The zero-order chi connectivity index (χ0) is 41.1. The number of nitrogens with zero attached hydrogens (tertiary/aromatic N) is 2. The van der Waals surface area contributed by atoms with E-state index < -0.39 is 0 Å². The Labute approximate surface area is 364 Å². The molecule has 0 saturated heterocycles. The predicted molar refractivity (Wildman–Crippen MR) is 266 cm³/mol. The van der Waals surface area contributed by atoms with E-state index in [1.54, 1.807) is 0 Å². The first kappa shape index (κ1) is 35.3. The lowest BCUT2D eigenvalue weighted by molar-refractivity contribution is 0.660. The summed E-state index contributed by atoms with van der Waals surface area (Å²) in [6.07, 6.45) is 0. The van der Waals surface area contributed by atoms with Crippen molar-refractivity contribution in [2.24, 2.45) is 0 Å². The van der Waals surface area contributed by atoms with Gasteiger partial charge in [0.2, 0.25) is 0 Å². The maximum atomic E-state index is 2.53. The van der Waals surface area contributed by atoms with Crippen LogP contribution < -0.4 is 4.90 Å². The van der Waals surface area contributed by atoms with Crippen LogP contribution >= 0.6 is 11.3 Å². The summed E-state index contributed by atoms with van der Waals surface area (Å²) in [4.78, 5) is 2.50. The Morgan fingerprint density at radius 2 is 1.08 bits per heavy atom. The molecule has 1 aliphatic carbocycles. The summed E-state index contributed by atoms with van der Waals surface area (Å²) in [5.41, 5.74) is 14.7. The van der Waals surface area contributed by atoms with Crippen LogP contribution in [0, 0.1) is 0 Å². The number of thiophene rings is 1. The van der Waals surface area contributed by atoms with Crippen LogP contribution in [0.25, 0.3) is 91.5 Å². The summed E-state index contributed by atoms with van der Waals surface area (Å²) in [6, 6.07) is 76.5. The van der Waals surface area contributed by atoms with Gasteiger partial charge in [0, 0.05) is 54.1 Å². The highest BCUT2D eigenvalue weighted by Gasteiger charge is 2.36. The summed E-state index contributed by atoms with van der Waals surface area (Å²) in [7, 11) is 0. The minimum absolute atomic E-state index is 0.131. The van der Waals surface area contributed by atoms with E-state index in [0.29, 0.717) is 0 Å². The zero-order valence-electron chi connectivity index (χ0n) is 34.4. The number of rotatable bonds is 5. The fourth-order valence-corrected chi connectivity index (χ4v) is 11.9. The topological polar surface area (TPSA) is 8.17 Å². The van der Waals surface area contributed by atoms with Gasteiger partial charge in [-0.05, 0) is 104 Å². The molecule has 2 nitrogen and oxygen atoms in total. The van der Waals surface area contributed by atoms with Crippen LogP contribution in [0.15, 0.2) is 206 Å². The minimum Gasteiger partial charge on any atom is -0.310 e. The van der Waals surface area contributed by atoms with Gasteiger partial charge >= 0.3 is 0 Å². The van der Waals surface area contributed by atoms with Crippen molar-refractivity contribution in [2.45, 2.75) is 19.3 Å². The van der Waals surface area contributed by atoms with Gasteiger partial charge in [0.15, 0.2) is 0 Å². The molecule has 1 aliphatic rings. The largest absolute Gasteiger partial charge is 0.310 e. The van der Waals surface area contributed by atoms with Crippen LogP contribution in [0.5, 0.6) is 0 Å². The molecule has 292 valence electrons. The van der Waals surface area contributed by atoms with Gasteiger partial charge in [-0.25, -0.2) is 0 Å². The molecule has 0 unspecified atom stereocenters. The third-order valence-corrected chi connectivity index (χ3v) is 14.7. The lowest BCUT2D eigenvalue weighted by Crippen LogP contribution is -2.16. The van der Waals surface area contributed by atoms with Crippen LogP contribution in [-0.2, 0) is 5.41 Å². The van der Waals surface area contributed by atoms with Gasteiger partial charge in [0.1, 0.15) is 0 Å². The molecule has 13 rings (SSSR count). The van der Waals surface area contributed by atoms with Gasteiger partial charge in [-0.15, -0.1) is 11.3 Å². The van der Waals surface area contributed by atoms with Crippen LogP contribution in [0.1, 0.15) is 25.0 Å². The molecule has 0 fully saturated rings. The van der Waals surface area contributed by atoms with Crippen molar-refractivity contribution >= 4 is 91.9 Å². The van der Waals surface area contributed by atoms with Gasteiger partial charge in [-0.1, -0.05) is 166 Å². The van der Waals surface area contributed by atoms with Gasteiger partial charge in [-0.3, -0.25) is 0 Å². The first-order valence-corrected chi connectivity index (χ1v) is 22.3. The number of hydrogen-bond acceptors (Lipinski definition) is 2. The molecule has 0 aliphatic heterocycles. The van der Waals surface area contributed by atoms with Crippen molar-refractivity contribution < 1.29 is 0 Å². The van der Waals surface area contributed by atoms with E-state index in [0.717, 1.165) is 22.7 Å². The highest BCUT2D eigenvalue weighted by atomic mass is 32.1. The first-order chi connectivity index (χ1) is 30.5. The van der Waals surface area contributed by atoms with Crippen LogP contribution in [0.3, 0.4) is 0 Å². The van der Waals surface area contributed by atoms with Gasteiger partial charge < -0.3 is 9.47 Å². The molecule has 0 amide bonds. The monoisotopic (exact) mass is 808 g/mol. The summed E-state index contributed by atoms with van der Waals surface area (Å²) < 4.78 is 5.15. The van der Waals surface area contributed by atoms with E-state index in [1.807, 2.05) is 11.3 Å². The molecule has 10 aromatic carbocycles. The standard InChI is InChI=1S/C59H40N2S/c1-59(2)50-24-12-10-20-44(50)45-33-31-42(36-51(45)59)60(52-25-14-18-39-17-6-7-19-43(39)52)41-32-34-53-49(35-41)55-46-21-8-9-22-47(46)56-48-23-11-13-26-54(48)62-58(56)57(55)61(53)40-29-27-38(28-30-40)37-15-4-3-5-16-37/h3-36H,1-2H3. The Morgan fingerprint density at radius 1 is 0.452 bits per heavy atom. The number of benzene rings is 10. The molecule has 12 aromatic rings. The Bertz CT molecular complexity index is 3770. The number of aromatic nitrogens is 1. The van der Waals surface area contributed by atoms with E-state index in [2.05, 4.69) is 230 Å². The molecular weight excluding hydrogens is 769 g/mol. The highest BCUT2D eigenvalue weighted by Crippen LogP contribution is 2.53. The van der Waals surface area contributed by atoms with E-state index >= 15 is 0 Å². The fourth-order valence-electron chi connectivity index (χ4n) is 10.7. The van der Waals surface area contributed by atoms with Crippen molar-refractivity contribution in [1.82, 2.24) is 4.57 Å². The molecular formula is C59H40N2S. The second kappa shape index (κ2) is 13.3. The molecule has 0 bridgehead atoms. The molecule has 3 heteroatoms. The second-order valence-electron chi connectivity index (χ2n) is 17.3. The second-order valence-corrected chi connectivity index (χ2v) is 18.3. The summed E-state index contributed by atoms with van der Waals surface area (Å²) in [5, 5.41) is 10.2. The summed E-state index contributed by atoms with van der Waals surface area (Å²) in [6.45, 7) is 4.74. The Morgan fingerprint density at radius 3 is 1.92 bits per heavy atom. The van der Waals surface area contributed by atoms with Crippen LogP contribution in [0.2, 0.25) is 0 Å². The van der Waals surface area contributed by atoms with Crippen molar-refractivity contribution in [3.63, 3.8) is 0 Å². The van der Waals surface area contributed by atoms with E-state index in [9.17, 15) is 0 Å². The van der Waals surface area contributed by atoms with Crippen molar-refractivity contribution in [2.75, 3.05) is 4.90 Å². The molecule has 0 radical (unpaired) electrons. The van der Waals surface area contributed by atoms with Crippen molar-refractivity contribution in [3.05, 3.63) is 217 Å². The number of hydrogen-bond donors (Lipinski definition) is 0. The SMILES string of the molecule is CC1(C)c2ccccc2-c2ccc(N(c3ccc4c(c3)c3c5ccccc5c5c6ccccc6sc5c3n4-c3ccc(-c4ccccc4)cc3)c3cccc4ccccc34)cc21. The Hall–Kier alpha value is -7.46. The predicted octanol–water partition coefficient (Wildman–Crippen LogP) is 16.9. The lowest BCUT2D eigenvalue weighted by atomic mass is 9.82. The quantitative estimate of drug-likeness (QED) is 0.168. The maximum absolute atomic E-state index is 2.53. The highest BCUT2D eigenvalue weighted by molar-refractivity contribution is 7.27. The maximum Gasteiger partial charge on any atom is 0.0726 e. The average molecular weight is 809 g/mol. The van der Waals surface area contributed by atoms with Crippen molar-refractivity contribution in [1.29, 1.82) is 0 Å². The molecule has 2 heterocycles. The first-order valence-electron chi connectivity index (χ1n) is 21.5. The molecule has 0 saturated carbocycles. The van der Waals surface area contributed by atoms with Crippen molar-refractivity contribution in [3.8, 4) is 27.9 Å². The minimum atomic E-state index is -0.131. The van der Waals surface area contributed by atoms with Gasteiger partial charge in [-0.2, -0.15) is 0 Å². The van der Waals surface area contributed by atoms with E-state index in [1.165, 1.54) is 96.9 Å². The zero-order valence-corrected chi connectivity index (χ0v) is 35.2. The molecule has 0 spiro atoms. The molecule has 62 heavy (non-hydrogen) atoms. The third-order valence-electron chi connectivity index (χ3n) is 13.6. The third kappa shape index (κ3) is 5.03. The van der Waals surface area contributed by atoms with Crippen LogP contribution in [0.4, 0.5) is 17.1 Å². The smallest absolute Gasteiger partial charge is 0.0726 e. The fraction of sp³-hybridized carbons (Fsp3) is 0.0508. The number of anilines is 3. The summed E-state index contributed by atoms with van der Waals surface area (Å²) >= 11 is 1.91. The van der Waals surface area contributed by atoms with E-state index in [4.69, 9.17) is 0 Å². The average Bonchev–Trinajstić information content (AvgIpc) is 3.96. The van der Waals surface area contributed by atoms with Gasteiger partial charge in [0.25, 0.3) is 0 Å². The lowest BCUT2D eigenvalue weighted by Gasteiger charge is -2.29. The Balaban J connectivity index is 1.12. The van der Waals surface area contributed by atoms with Crippen LogP contribution in [-0.4, -0.2) is 4.57 Å². The van der Waals surface area contributed by atoms with Gasteiger partial charge in [0.05, 0.1) is 21.4 Å². The summed E-state index contributed by atoms with van der Waals surface area (Å²) in [5.74, 6) is 0. The Kier molecular flexibility index (Phi) is 7.56. The molecule has 0 N–H and O–H groups in total. The van der Waals surface area contributed by atoms with E-state index in [-0.39, 0.29) is 5.41 Å². The number of fused-ring (bicyclic) bond motifs is 14.